The number of hydrogen-bond acceptors (Lipinski definition) is 4. The highest BCUT2D eigenvalue weighted by Crippen LogP contribution is 2.23. The van der Waals surface area contributed by atoms with Crippen LogP contribution in [0.2, 0.25) is 5.02 Å². The molecule has 1 aliphatic carbocycles. The van der Waals surface area contributed by atoms with Gasteiger partial charge in [0.2, 0.25) is 0 Å². The number of anilines is 1. The molecule has 0 spiro atoms. The first-order valence-electron chi connectivity index (χ1n) is 13.3. The lowest BCUT2D eigenvalue weighted by atomic mass is 10.0. The Morgan fingerprint density at radius 3 is 2.64 bits per heavy atom. The molecule has 0 aliphatic heterocycles. The number of ether oxygens (including phenoxy) is 1. The van der Waals surface area contributed by atoms with Gasteiger partial charge in [0.25, 0.3) is 5.91 Å². The molecule has 7 heteroatoms. The number of rotatable bonds is 12. The highest BCUT2D eigenvalue weighted by molar-refractivity contribution is 6.30. The molecule has 0 radical (unpaired) electrons. The molecule has 194 valence electrons. The maximum absolute atomic E-state index is 13.0. The first kappa shape index (κ1) is 26.5. The van der Waals surface area contributed by atoms with Crippen molar-refractivity contribution < 1.29 is 9.53 Å². The standard InChI is InChI=1S/C29H39ClN4O2/c1-4-21(20-36-25-8-6-7-9-25)16-17-33(3)24-13-10-22(11-14-24)18-31-29(35)28-26(5-2)32-27-15-12-23(30)19-34(27)28/h10-15,19,21,25H,4-9,16-18,20H2,1-3H3,(H,31,35). The van der Waals surface area contributed by atoms with Crippen LogP contribution in [0, 0.1) is 5.92 Å². The zero-order valence-electron chi connectivity index (χ0n) is 21.8. The number of pyridine rings is 1. The van der Waals surface area contributed by atoms with E-state index >= 15 is 0 Å². The van der Waals surface area contributed by atoms with Crippen LogP contribution in [0.25, 0.3) is 5.65 Å². The third kappa shape index (κ3) is 6.60. The molecule has 1 amide bonds. The van der Waals surface area contributed by atoms with Crippen molar-refractivity contribution in [2.24, 2.45) is 5.92 Å². The minimum Gasteiger partial charge on any atom is -0.378 e. The zero-order chi connectivity index (χ0) is 25.5. The summed E-state index contributed by atoms with van der Waals surface area (Å²) < 4.78 is 7.94. The van der Waals surface area contributed by atoms with E-state index in [1.54, 1.807) is 16.7 Å². The number of aryl methyl sites for hydroxylation is 1. The summed E-state index contributed by atoms with van der Waals surface area (Å²) in [5.74, 6) is 0.457. The molecule has 4 rings (SSSR count). The summed E-state index contributed by atoms with van der Waals surface area (Å²) in [5, 5.41) is 3.62. The van der Waals surface area contributed by atoms with Crippen LogP contribution in [-0.4, -0.2) is 41.6 Å². The van der Waals surface area contributed by atoms with Gasteiger partial charge in [0, 0.05) is 38.6 Å². The number of benzene rings is 1. The van der Waals surface area contributed by atoms with Crippen LogP contribution in [0.3, 0.4) is 0 Å². The molecule has 6 nitrogen and oxygen atoms in total. The van der Waals surface area contributed by atoms with Crippen molar-refractivity contribution in [1.29, 1.82) is 0 Å². The number of carbonyl (C=O) groups excluding carboxylic acids is 1. The lowest BCUT2D eigenvalue weighted by Crippen LogP contribution is -2.25. The number of fused-ring (bicyclic) bond motifs is 1. The summed E-state index contributed by atoms with van der Waals surface area (Å²) in [6, 6.07) is 12.0. The number of amides is 1. The van der Waals surface area contributed by atoms with Gasteiger partial charge in [0.05, 0.1) is 16.8 Å². The molecule has 36 heavy (non-hydrogen) atoms. The van der Waals surface area contributed by atoms with E-state index in [0.717, 1.165) is 42.9 Å². The fourth-order valence-corrected chi connectivity index (χ4v) is 5.09. The average molecular weight is 511 g/mol. The molecule has 2 heterocycles. The molecule has 2 aromatic heterocycles. The topological polar surface area (TPSA) is 58.9 Å². The molecule has 3 aromatic rings. The van der Waals surface area contributed by atoms with Gasteiger partial charge in [-0.15, -0.1) is 0 Å². The van der Waals surface area contributed by atoms with Gasteiger partial charge in [-0.1, -0.05) is 56.8 Å². The van der Waals surface area contributed by atoms with Gasteiger partial charge in [0.1, 0.15) is 11.3 Å². The van der Waals surface area contributed by atoms with Crippen molar-refractivity contribution in [2.45, 2.75) is 71.4 Å². The van der Waals surface area contributed by atoms with Crippen LogP contribution in [0.4, 0.5) is 5.69 Å². The Balaban J connectivity index is 1.29. The van der Waals surface area contributed by atoms with Gasteiger partial charge in [0.15, 0.2) is 0 Å². The predicted molar refractivity (Wildman–Crippen MR) is 147 cm³/mol. The molecule has 0 bridgehead atoms. The van der Waals surface area contributed by atoms with Crippen molar-refractivity contribution >= 4 is 28.8 Å². The number of aromatic nitrogens is 2. The largest absolute Gasteiger partial charge is 0.378 e. The highest BCUT2D eigenvalue weighted by Gasteiger charge is 2.19. The lowest BCUT2D eigenvalue weighted by Gasteiger charge is -2.24. The predicted octanol–water partition coefficient (Wildman–Crippen LogP) is 6.29. The molecule has 1 unspecified atom stereocenters. The Labute approximate surface area is 220 Å². The number of imidazole rings is 1. The van der Waals surface area contributed by atoms with E-state index in [0.29, 0.717) is 35.7 Å². The molecular weight excluding hydrogens is 472 g/mol. The molecule has 1 fully saturated rings. The van der Waals surface area contributed by atoms with Crippen molar-refractivity contribution in [3.05, 3.63) is 64.6 Å². The highest BCUT2D eigenvalue weighted by atomic mass is 35.5. The van der Waals surface area contributed by atoms with Gasteiger partial charge in [-0.05, 0) is 61.4 Å². The SMILES string of the molecule is CCc1nc2ccc(Cl)cn2c1C(=O)NCc1ccc(N(C)CCC(CC)COC2CCCC2)cc1. The fraction of sp³-hybridized carbons (Fsp3) is 0.517. The van der Waals surface area contributed by atoms with Crippen LogP contribution in [0.15, 0.2) is 42.6 Å². The Morgan fingerprint density at radius 2 is 1.94 bits per heavy atom. The van der Waals surface area contributed by atoms with Gasteiger partial charge < -0.3 is 15.0 Å². The Bertz CT molecular complexity index is 1140. The molecule has 1 atom stereocenters. The minimum absolute atomic E-state index is 0.145. The molecule has 1 N–H and O–H groups in total. The molecule has 1 saturated carbocycles. The monoisotopic (exact) mass is 510 g/mol. The second-order valence-electron chi connectivity index (χ2n) is 9.91. The molecular formula is C29H39ClN4O2. The van der Waals surface area contributed by atoms with E-state index in [4.69, 9.17) is 16.3 Å². The number of nitrogens with one attached hydrogen (secondary N) is 1. The molecule has 0 saturated heterocycles. The van der Waals surface area contributed by atoms with E-state index in [2.05, 4.69) is 53.4 Å². The fourth-order valence-electron chi connectivity index (χ4n) is 4.93. The number of hydrogen-bond donors (Lipinski definition) is 1. The summed E-state index contributed by atoms with van der Waals surface area (Å²) in [5.41, 5.74) is 4.28. The summed E-state index contributed by atoms with van der Waals surface area (Å²) in [6.45, 7) is 6.60. The van der Waals surface area contributed by atoms with Crippen LogP contribution in [0.1, 0.15) is 74.1 Å². The van der Waals surface area contributed by atoms with Crippen molar-refractivity contribution in [3.8, 4) is 0 Å². The first-order valence-corrected chi connectivity index (χ1v) is 13.7. The average Bonchev–Trinajstić information content (AvgIpc) is 3.55. The van der Waals surface area contributed by atoms with Crippen molar-refractivity contribution in [2.75, 3.05) is 25.1 Å². The van der Waals surface area contributed by atoms with Gasteiger partial charge in [-0.3, -0.25) is 9.20 Å². The first-order chi connectivity index (χ1) is 17.5. The summed E-state index contributed by atoms with van der Waals surface area (Å²) in [6.07, 6.45) is 10.3. The minimum atomic E-state index is -0.145. The summed E-state index contributed by atoms with van der Waals surface area (Å²) in [4.78, 5) is 19.9. The number of carbonyl (C=O) groups is 1. The third-order valence-corrected chi connectivity index (χ3v) is 7.58. The Morgan fingerprint density at radius 1 is 1.19 bits per heavy atom. The zero-order valence-corrected chi connectivity index (χ0v) is 22.6. The van der Waals surface area contributed by atoms with E-state index in [9.17, 15) is 4.79 Å². The van der Waals surface area contributed by atoms with Crippen LogP contribution >= 0.6 is 11.6 Å². The van der Waals surface area contributed by atoms with Gasteiger partial charge in [-0.2, -0.15) is 0 Å². The lowest BCUT2D eigenvalue weighted by molar-refractivity contribution is 0.0311. The summed E-state index contributed by atoms with van der Waals surface area (Å²) in [7, 11) is 2.14. The second kappa shape index (κ2) is 12.6. The van der Waals surface area contributed by atoms with E-state index < -0.39 is 0 Å². The Hall–Kier alpha value is -2.57. The maximum atomic E-state index is 13.0. The number of nitrogens with zero attached hydrogens (tertiary/aromatic N) is 3. The second-order valence-corrected chi connectivity index (χ2v) is 10.3. The smallest absolute Gasteiger partial charge is 0.270 e. The van der Waals surface area contributed by atoms with Crippen molar-refractivity contribution in [1.82, 2.24) is 14.7 Å². The van der Waals surface area contributed by atoms with E-state index in [1.807, 2.05) is 13.0 Å². The maximum Gasteiger partial charge on any atom is 0.270 e. The van der Waals surface area contributed by atoms with Crippen molar-refractivity contribution in [3.63, 3.8) is 0 Å². The van der Waals surface area contributed by atoms with Crippen LogP contribution in [-0.2, 0) is 17.7 Å². The molecule has 1 aliphatic rings. The van der Waals surface area contributed by atoms with Crippen LogP contribution in [0.5, 0.6) is 0 Å². The van der Waals surface area contributed by atoms with E-state index in [-0.39, 0.29) is 5.91 Å². The normalized spacial score (nSPS) is 14.9. The van der Waals surface area contributed by atoms with Gasteiger partial charge in [-0.25, -0.2) is 4.98 Å². The molecule has 1 aromatic carbocycles. The number of halogens is 1. The van der Waals surface area contributed by atoms with E-state index in [1.165, 1.54) is 31.4 Å². The summed E-state index contributed by atoms with van der Waals surface area (Å²) >= 11 is 6.16. The quantitative estimate of drug-likeness (QED) is 0.311. The third-order valence-electron chi connectivity index (χ3n) is 7.35. The van der Waals surface area contributed by atoms with Crippen LogP contribution < -0.4 is 10.2 Å². The van der Waals surface area contributed by atoms with Gasteiger partial charge >= 0.3 is 0 Å². The Kier molecular flexibility index (Phi) is 9.27.